The Morgan fingerprint density at radius 2 is 1.85 bits per heavy atom. The van der Waals surface area contributed by atoms with Crippen molar-refractivity contribution in [2.45, 2.75) is 32.7 Å². The summed E-state index contributed by atoms with van der Waals surface area (Å²) in [5.74, 6) is 1.27. The number of allylic oxidation sites excluding steroid dienone is 2. The van der Waals surface area contributed by atoms with E-state index in [-0.39, 0.29) is 23.6 Å². The Labute approximate surface area is 121 Å². The molecule has 1 fully saturated rings. The molecule has 3 atom stereocenters. The van der Waals surface area contributed by atoms with E-state index in [1.165, 1.54) is 0 Å². The number of hydrogen-bond donors (Lipinski definition) is 1. The second-order valence-corrected chi connectivity index (χ2v) is 8.32. The van der Waals surface area contributed by atoms with Crippen molar-refractivity contribution in [2.75, 3.05) is 24.6 Å². The number of urea groups is 1. The molecule has 0 aromatic rings. The van der Waals surface area contributed by atoms with Crippen molar-refractivity contribution in [1.82, 2.24) is 10.2 Å². The van der Waals surface area contributed by atoms with E-state index in [0.717, 1.165) is 25.9 Å². The molecule has 1 N–H and O–H groups in total. The average molecular weight is 300 g/mol. The monoisotopic (exact) mass is 300 g/mol. The van der Waals surface area contributed by atoms with Crippen molar-refractivity contribution >= 4 is 15.9 Å². The molecule has 2 amide bonds. The summed E-state index contributed by atoms with van der Waals surface area (Å²) in [4.78, 5) is 14.0. The van der Waals surface area contributed by atoms with Crippen molar-refractivity contribution in [3.05, 3.63) is 12.2 Å². The largest absolute Gasteiger partial charge is 0.335 e. The summed E-state index contributed by atoms with van der Waals surface area (Å²) in [5.41, 5.74) is 0. The third kappa shape index (κ3) is 3.75. The maximum Gasteiger partial charge on any atom is 0.317 e. The molecule has 0 spiro atoms. The molecule has 0 bridgehead atoms. The lowest BCUT2D eigenvalue weighted by molar-refractivity contribution is 0.204. The Bertz CT molecular complexity index is 471. The summed E-state index contributed by atoms with van der Waals surface area (Å²) in [6, 6.07) is -0.466. The van der Waals surface area contributed by atoms with E-state index in [0.29, 0.717) is 11.8 Å². The second kappa shape index (κ2) is 6.16. The molecular formula is C14H24N2O3S. The molecule has 20 heavy (non-hydrogen) atoms. The number of carbonyl (C=O) groups is 1. The molecule has 2 rings (SSSR count). The van der Waals surface area contributed by atoms with Crippen LogP contribution < -0.4 is 5.32 Å². The Morgan fingerprint density at radius 3 is 2.35 bits per heavy atom. The molecule has 1 aliphatic heterocycles. The van der Waals surface area contributed by atoms with Crippen LogP contribution in [0.4, 0.5) is 4.79 Å². The fourth-order valence-corrected chi connectivity index (χ4v) is 4.10. The minimum Gasteiger partial charge on any atom is -0.335 e. The first-order valence-corrected chi connectivity index (χ1v) is 9.14. The van der Waals surface area contributed by atoms with Crippen LogP contribution in [-0.2, 0) is 9.84 Å². The molecule has 0 saturated carbocycles. The van der Waals surface area contributed by atoms with Gasteiger partial charge in [0.2, 0.25) is 0 Å². The molecule has 1 heterocycles. The molecule has 0 aromatic heterocycles. The smallest absolute Gasteiger partial charge is 0.317 e. The summed E-state index contributed by atoms with van der Waals surface area (Å²) in [5, 5.41) is 2.81. The number of nitrogens with zero attached hydrogens (tertiary/aromatic N) is 1. The fraction of sp³-hybridized carbons (Fsp3) is 0.786. The molecular weight excluding hydrogens is 276 g/mol. The highest BCUT2D eigenvalue weighted by Crippen LogP contribution is 2.32. The zero-order valence-electron chi connectivity index (χ0n) is 12.2. The van der Waals surface area contributed by atoms with Gasteiger partial charge in [-0.15, -0.1) is 0 Å². The first-order valence-electron chi connectivity index (χ1n) is 7.32. The molecule has 6 heteroatoms. The van der Waals surface area contributed by atoms with Gasteiger partial charge in [0, 0.05) is 24.9 Å². The van der Waals surface area contributed by atoms with Crippen LogP contribution in [0, 0.1) is 11.8 Å². The molecule has 1 aliphatic carbocycles. The molecule has 0 radical (unpaired) electrons. The maximum atomic E-state index is 12.2. The third-order valence-corrected chi connectivity index (χ3v) is 6.11. The van der Waals surface area contributed by atoms with E-state index in [9.17, 15) is 13.2 Å². The van der Waals surface area contributed by atoms with Gasteiger partial charge in [-0.05, 0) is 31.6 Å². The lowest BCUT2D eigenvalue weighted by Gasteiger charge is -2.20. The first kappa shape index (κ1) is 15.4. The van der Waals surface area contributed by atoms with Gasteiger partial charge in [0.05, 0.1) is 5.75 Å². The number of amides is 2. The Morgan fingerprint density at radius 1 is 1.30 bits per heavy atom. The van der Waals surface area contributed by atoms with Crippen LogP contribution >= 0.6 is 0 Å². The SMILES string of the molecule is CCS(=O)(=O)C[C@H](C)NC(=O)N1C[C@@H]2CC=CC[C@H]2C1. The Kier molecular flexibility index (Phi) is 4.73. The van der Waals surface area contributed by atoms with Crippen LogP contribution in [0.1, 0.15) is 26.7 Å². The first-order chi connectivity index (χ1) is 9.41. The Hall–Kier alpha value is -1.04. The highest BCUT2D eigenvalue weighted by Gasteiger charge is 2.35. The van der Waals surface area contributed by atoms with E-state index in [4.69, 9.17) is 0 Å². The molecule has 1 saturated heterocycles. The van der Waals surface area contributed by atoms with Crippen molar-refractivity contribution in [1.29, 1.82) is 0 Å². The van der Waals surface area contributed by atoms with E-state index in [1.807, 2.05) is 4.90 Å². The number of likely N-dealkylation sites (tertiary alicyclic amines) is 1. The molecule has 2 aliphatic rings. The molecule has 5 nitrogen and oxygen atoms in total. The van der Waals surface area contributed by atoms with Crippen LogP contribution in [0.5, 0.6) is 0 Å². The highest BCUT2D eigenvalue weighted by atomic mass is 32.2. The van der Waals surface area contributed by atoms with Crippen LogP contribution in [0.15, 0.2) is 12.2 Å². The van der Waals surface area contributed by atoms with Gasteiger partial charge in [-0.3, -0.25) is 0 Å². The number of hydrogen-bond acceptors (Lipinski definition) is 3. The van der Waals surface area contributed by atoms with Gasteiger partial charge < -0.3 is 10.2 Å². The van der Waals surface area contributed by atoms with Crippen LogP contribution in [0.2, 0.25) is 0 Å². The summed E-state index contributed by atoms with van der Waals surface area (Å²) in [6.07, 6.45) is 6.49. The molecule has 114 valence electrons. The summed E-state index contributed by atoms with van der Waals surface area (Å²) >= 11 is 0. The van der Waals surface area contributed by atoms with Gasteiger partial charge >= 0.3 is 6.03 Å². The van der Waals surface area contributed by atoms with E-state index < -0.39 is 9.84 Å². The normalized spacial score (nSPS) is 27.2. The van der Waals surface area contributed by atoms with E-state index >= 15 is 0 Å². The summed E-state index contributed by atoms with van der Waals surface area (Å²) < 4.78 is 23.1. The average Bonchev–Trinajstić information content (AvgIpc) is 2.81. The van der Waals surface area contributed by atoms with Crippen LogP contribution in [0.25, 0.3) is 0 Å². The number of rotatable bonds is 4. The van der Waals surface area contributed by atoms with Crippen molar-refractivity contribution < 1.29 is 13.2 Å². The standard InChI is InChI=1S/C14H24N2O3S/c1-3-20(18,19)10-11(2)15-14(17)16-8-12-6-4-5-7-13(12)9-16/h4-5,11-13H,3,6-10H2,1-2H3,(H,15,17)/t11-,12-,13-/m0/s1. The number of sulfone groups is 1. The predicted molar refractivity (Wildman–Crippen MR) is 79.2 cm³/mol. The van der Waals surface area contributed by atoms with Gasteiger partial charge in [0.1, 0.15) is 0 Å². The summed E-state index contributed by atoms with van der Waals surface area (Å²) in [6.45, 7) is 4.94. The number of fused-ring (bicyclic) bond motifs is 1. The lowest BCUT2D eigenvalue weighted by atomic mass is 9.86. The van der Waals surface area contributed by atoms with Crippen LogP contribution in [-0.4, -0.2) is 50.0 Å². The minimum absolute atomic E-state index is 0.0114. The van der Waals surface area contributed by atoms with Gasteiger partial charge in [0.25, 0.3) is 0 Å². The highest BCUT2D eigenvalue weighted by molar-refractivity contribution is 7.91. The zero-order valence-corrected chi connectivity index (χ0v) is 13.0. The van der Waals surface area contributed by atoms with Crippen molar-refractivity contribution in [3.63, 3.8) is 0 Å². The molecule has 0 unspecified atom stereocenters. The minimum atomic E-state index is -3.05. The topological polar surface area (TPSA) is 66.5 Å². The third-order valence-electron chi connectivity index (χ3n) is 4.22. The van der Waals surface area contributed by atoms with Gasteiger partial charge in [-0.1, -0.05) is 19.1 Å². The quantitative estimate of drug-likeness (QED) is 0.798. The zero-order chi connectivity index (χ0) is 14.8. The van der Waals surface area contributed by atoms with Gasteiger partial charge in [-0.2, -0.15) is 0 Å². The van der Waals surface area contributed by atoms with Crippen molar-refractivity contribution in [3.8, 4) is 0 Å². The maximum absolute atomic E-state index is 12.2. The van der Waals surface area contributed by atoms with Gasteiger partial charge in [0.15, 0.2) is 9.84 Å². The predicted octanol–water partition coefficient (Wildman–Crippen LogP) is 1.42. The number of nitrogens with one attached hydrogen (secondary N) is 1. The Balaban J connectivity index is 1.84. The fourth-order valence-electron chi connectivity index (χ4n) is 3.02. The van der Waals surface area contributed by atoms with Crippen LogP contribution in [0.3, 0.4) is 0 Å². The second-order valence-electron chi connectivity index (χ2n) is 5.92. The van der Waals surface area contributed by atoms with Crippen molar-refractivity contribution in [2.24, 2.45) is 11.8 Å². The molecule has 0 aromatic carbocycles. The van der Waals surface area contributed by atoms with E-state index in [1.54, 1.807) is 13.8 Å². The van der Waals surface area contributed by atoms with E-state index in [2.05, 4.69) is 17.5 Å². The van der Waals surface area contributed by atoms with Gasteiger partial charge in [-0.25, -0.2) is 13.2 Å². The lowest BCUT2D eigenvalue weighted by Crippen LogP contribution is -2.45. The number of carbonyl (C=O) groups excluding carboxylic acids is 1. The summed E-state index contributed by atoms with van der Waals surface area (Å²) in [7, 11) is -3.05.